The fraction of sp³-hybridized carbons (Fsp3) is 0.269. The summed E-state index contributed by atoms with van der Waals surface area (Å²) >= 11 is 0. The van der Waals surface area contributed by atoms with Gasteiger partial charge in [0.2, 0.25) is 5.88 Å². The van der Waals surface area contributed by atoms with Crippen LogP contribution in [-0.2, 0) is 0 Å². The van der Waals surface area contributed by atoms with E-state index in [1.54, 1.807) is 25.5 Å². The number of amides is 1. The lowest BCUT2D eigenvalue weighted by molar-refractivity contribution is 0.0964. The fourth-order valence-corrected chi connectivity index (χ4v) is 3.75. The van der Waals surface area contributed by atoms with Crippen LogP contribution < -0.4 is 15.4 Å². The second-order valence-corrected chi connectivity index (χ2v) is 8.30. The molecule has 4 aromatic rings. The summed E-state index contributed by atoms with van der Waals surface area (Å²) in [5.41, 5.74) is 4.17. The van der Waals surface area contributed by atoms with Crippen LogP contribution in [0, 0.1) is 0 Å². The molecule has 0 aliphatic heterocycles. The number of hydrogen-bond acceptors (Lipinski definition) is 7. The van der Waals surface area contributed by atoms with E-state index in [4.69, 9.17) is 4.74 Å². The third-order valence-corrected chi connectivity index (χ3v) is 5.45. The van der Waals surface area contributed by atoms with Crippen molar-refractivity contribution in [2.24, 2.45) is 0 Å². The smallest absolute Gasteiger partial charge is 0.251 e. The summed E-state index contributed by atoms with van der Waals surface area (Å²) < 4.78 is 5.61. The molecule has 0 unspecified atom stereocenters. The molecule has 35 heavy (non-hydrogen) atoms. The summed E-state index contributed by atoms with van der Waals surface area (Å²) in [4.78, 5) is 29.9. The Morgan fingerprint density at radius 3 is 2.57 bits per heavy atom. The van der Waals surface area contributed by atoms with Crippen LogP contribution in [0.1, 0.15) is 42.6 Å². The van der Waals surface area contributed by atoms with Gasteiger partial charge in [-0.1, -0.05) is 25.1 Å². The summed E-state index contributed by atoms with van der Waals surface area (Å²) in [6.45, 7) is 6.69. The van der Waals surface area contributed by atoms with Crippen molar-refractivity contribution in [3.05, 3.63) is 72.3 Å². The van der Waals surface area contributed by atoms with Crippen LogP contribution in [0.4, 0.5) is 5.82 Å². The van der Waals surface area contributed by atoms with Crippen molar-refractivity contribution in [3.63, 3.8) is 0 Å². The molecule has 3 heterocycles. The molecule has 0 radical (unpaired) electrons. The lowest BCUT2D eigenvalue weighted by Gasteiger charge is -2.16. The normalized spacial score (nSPS) is 11.6. The average Bonchev–Trinajstić information content (AvgIpc) is 2.86. The van der Waals surface area contributed by atoms with Crippen molar-refractivity contribution in [1.29, 1.82) is 0 Å². The van der Waals surface area contributed by atoms with Gasteiger partial charge in [0.25, 0.3) is 5.91 Å². The fourth-order valence-electron chi connectivity index (χ4n) is 3.75. The first-order valence-electron chi connectivity index (χ1n) is 11.2. The number of hydrogen-bond donors (Lipinski definition) is 2. The minimum atomic E-state index is -0.123. The van der Waals surface area contributed by atoms with Crippen molar-refractivity contribution in [1.82, 2.24) is 25.3 Å². The number of carbonyl (C=O) groups excluding carboxylic acids is 1. The average molecular weight is 491 g/mol. The maximum absolute atomic E-state index is 12.3. The third-order valence-electron chi connectivity index (χ3n) is 5.45. The second kappa shape index (κ2) is 11.6. The quantitative estimate of drug-likeness (QED) is 0.373. The zero-order valence-corrected chi connectivity index (χ0v) is 21.2. The number of fused-ring (bicyclic) bond motifs is 1. The van der Waals surface area contributed by atoms with Gasteiger partial charge in [0.05, 0.1) is 22.9 Å². The van der Waals surface area contributed by atoms with Crippen LogP contribution in [-0.4, -0.2) is 45.5 Å². The zero-order valence-electron chi connectivity index (χ0n) is 20.2. The first-order valence-corrected chi connectivity index (χ1v) is 11.2. The van der Waals surface area contributed by atoms with Crippen LogP contribution in [0.5, 0.6) is 5.88 Å². The number of rotatable bonds is 8. The second-order valence-electron chi connectivity index (χ2n) is 8.30. The van der Waals surface area contributed by atoms with Gasteiger partial charge in [-0.2, -0.15) is 13.5 Å². The number of ether oxygens (including phenoxy) is 1. The van der Waals surface area contributed by atoms with Crippen LogP contribution in [0.2, 0.25) is 0 Å². The lowest BCUT2D eigenvalue weighted by Crippen LogP contribution is -2.18. The maximum Gasteiger partial charge on any atom is 0.251 e. The van der Waals surface area contributed by atoms with Crippen molar-refractivity contribution in [2.75, 3.05) is 18.9 Å². The number of anilines is 1. The summed E-state index contributed by atoms with van der Waals surface area (Å²) in [7, 11) is 1.63. The van der Waals surface area contributed by atoms with E-state index in [1.165, 1.54) is 6.33 Å². The van der Waals surface area contributed by atoms with E-state index in [2.05, 4.69) is 37.5 Å². The summed E-state index contributed by atoms with van der Waals surface area (Å²) in [5, 5.41) is 6.94. The van der Waals surface area contributed by atoms with E-state index < -0.39 is 0 Å². The molecule has 9 heteroatoms. The molecule has 0 saturated carbocycles. The maximum atomic E-state index is 12.3. The molecular formula is C26H30N6O2S. The van der Waals surface area contributed by atoms with Crippen molar-refractivity contribution < 1.29 is 9.53 Å². The molecule has 0 saturated heterocycles. The molecule has 0 fully saturated rings. The predicted octanol–water partition coefficient (Wildman–Crippen LogP) is 4.56. The van der Waals surface area contributed by atoms with Crippen molar-refractivity contribution in [2.45, 2.75) is 32.8 Å². The standard InChI is InChI=1S/C26H28N6O2.H2S/c1-16(2)34-24-9-8-18(14-30-24)22-12-23(32-15-31-22)29-13-17(3)19-6-5-7-20-21(26(33)27-4)10-11-28-25(19)20;/h5-12,14-17H,13H2,1-4H3,(H,27,33)(H,29,31,32);1H2/t17-;/m1./s1. The third kappa shape index (κ3) is 6.05. The number of carbonyl (C=O) groups is 1. The van der Waals surface area contributed by atoms with Crippen molar-refractivity contribution >= 4 is 36.1 Å². The van der Waals surface area contributed by atoms with E-state index in [9.17, 15) is 4.79 Å². The lowest BCUT2D eigenvalue weighted by atomic mass is 9.96. The summed E-state index contributed by atoms with van der Waals surface area (Å²) in [6.07, 6.45) is 5.04. The number of para-hydroxylation sites is 1. The molecule has 2 N–H and O–H groups in total. The minimum absolute atomic E-state index is 0. The Balaban J connectivity index is 0.00000342. The number of pyridine rings is 2. The Labute approximate surface area is 212 Å². The van der Waals surface area contributed by atoms with Crippen LogP contribution >= 0.6 is 13.5 Å². The topological polar surface area (TPSA) is 102 Å². The Hall–Kier alpha value is -3.72. The van der Waals surface area contributed by atoms with Gasteiger partial charge in [-0.15, -0.1) is 0 Å². The highest BCUT2D eigenvalue weighted by molar-refractivity contribution is 7.59. The monoisotopic (exact) mass is 490 g/mol. The van der Waals surface area contributed by atoms with Gasteiger partial charge >= 0.3 is 0 Å². The number of aromatic nitrogens is 4. The Bertz CT molecular complexity index is 1300. The van der Waals surface area contributed by atoms with Gasteiger partial charge in [0, 0.05) is 55.0 Å². The van der Waals surface area contributed by atoms with E-state index >= 15 is 0 Å². The van der Waals surface area contributed by atoms with E-state index in [1.807, 2.05) is 50.2 Å². The summed E-state index contributed by atoms with van der Waals surface area (Å²) in [6, 6.07) is 13.4. The molecule has 0 aliphatic carbocycles. The predicted molar refractivity (Wildman–Crippen MR) is 143 cm³/mol. The zero-order chi connectivity index (χ0) is 24.1. The molecule has 3 aromatic heterocycles. The molecular weight excluding hydrogens is 460 g/mol. The summed E-state index contributed by atoms with van der Waals surface area (Å²) in [5.74, 6) is 1.31. The molecule has 1 aromatic carbocycles. The number of benzene rings is 1. The van der Waals surface area contributed by atoms with Gasteiger partial charge in [-0.3, -0.25) is 9.78 Å². The van der Waals surface area contributed by atoms with Gasteiger partial charge in [-0.25, -0.2) is 15.0 Å². The molecule has 8 nitrogen and oxygen atoms in total. The highest BCUT2D eigenvalue weighted by Crippen LogP contribution is 2.27. The first kappa shape index (κ1) is 25.9. The van der Waals surface area contributed by atoms with E-state index in [-0.39, 0.29) is 31.4 Å². The first-order chi connectivity index (χ1) is 16.5. The van der Waals surface area contributed by atoms with Gasteiger partial charge in [-0.05, 0) is 31.5 Å². The molecule has 1 amide bonds. The van der Waals surface area contributed by atoms with E-state index in [0.29, 0.717) is 18.0 Å². The minimum Gasteiger partial charge on any atom is -0.475 e. The number of nitrogens with zero attached hydrogens (tertiary/aromatic N) is 4. The van der Waals surface area contributed by atoms with Gasteiger partial charge < -0.3 is 15.4 Å². The molecule has 1 atom stereocenters. The Kier molecular flexibility index (Phi) is 8.59. The highest BCUT2D eigenvalue weighted by Gasteiger charge is 2.15. The van der Waals surface area contributed by atoms with Gasteiger partial charge in [0.15, 0.2) is 0 Å². The van der Waals surface area contributed by atoms with Crippen LogP contribution in [0.25, 0.3) is 22.2 Å². The Morgan fingerprint density at radius 1 is 1.03 bits per heavy atom. The molecule has 0 spiro atoms. The van der Waals surface area contributed by atoms with Crippen LogP contribution in [0.15, 0.2) is 61.2 Å². The molecule has 182 valence electrons. The van der Waals surface area contributed by atoms with Crippen molar-refractivity contribution in [3.8, 4) is 17.1 Å². The molecule has 0 aliphatic rings. The highest BCUT2D eigenvalue weighted by atomic mass is 32.1. The van der Waals surface area contributed by atoms with Crippen LogP contribution in [0.3, 0.4) is 0 Å². The molecule has 0 bridgehead atoms. The Morgan fingerprint density at radius 2 is 1.86 bits per heavy atom. The largest absolute Gasteiger partial charge is 0.475 e. The number of nitrogens with one attached hydrogen (secondary N) is 2. The van der Waals surface area contributed by atoms with Gasteiger partial charge in [0.1, 0.15) is 12.1 Å². The molecule has 4 rings (SSSR count). The van der Waals surface area contributed by atoms with E-state index in [0.717, 1.165) is 33.5 Å². The SMILES string of the molecule is CNC(=O)c1ccnc2c([C@H](C)CNc3cc(-c4ccc(OC(C)C)nc4)ncn3)cccc12.S.